The molecule has 1 rings (SSSR count). The standard InChI is InChI=1S/C14H19N3O/c1-17(2)10-4-9-16-14(18)13-6-3-5-12(11-13)7-8-15/h3,5-6,11H,4,7,9-10H2,1-2H3,(H,16,18). The molecule has 0 aliphatic heterocycles. The second-order valence-electron chi connectivity index (χ2n) is 4.45. The van der Waals surface area contributed by atoms with Gasteiger partial charge in [0.25, 0.3) is 5.91 Å². The average molecular weight is 245 g/mol. The lowest BCUT2D eigenvalue weighted by Gasteiger charge is -2.10. The third kappa shape index (κ3) is 4.98. The van der Waals surface area contributed by atoms with E-state index in [9.17, 15) is 4.79 Å². The van der Waals surface area contributed by atoms with Gasteiger partial charge in [-0.3, -0.25) is 4.79 Å². The summed E-state index contributed by atoms with van der Waals surface area (Å²) in [5.74, 6) is -0.0754. The third-order valence-corrected chi connectivity index (χ3v) is 2.54. The van der Waals surface area contributed by atoms with E-state index in [1.54, 1.807) is 18.2 Å². The van der Waals surface area contributed by atoms with E-state index in [1.165, 1.54) is 0 Å². The first-order valence-electron chi connectivity index (χ1n) is 6.02. The zero-order valence-corrected chi connectivity index (χ0v) is 10.9. The Morgan fingerprint density at radius 2 is 2.22 bits per heavy atom. The molecule has 0 unspecified atom stereocenters. The first-order valence-corrected chi connectivity index (χ1v) is 6.02. The number of nitrogens with one attached hydrogen (secondary N) is 1. The van der Waals surface area contributed by atoms with Gasteiger partial charge in [0.2, 0.25) is 0 Å². The highest BCUT2D eigenvalue weighted by atomic mass is 16.1. The summed E-state index contributed by atoms with van der Waals surface area (Å²) in [4.78, 5) is 13.9. The number of nitrogens with zero attached hydrogens (tertiary/aromatic N) is 2. The van der Waals surface area contributed by atoms with Gasteiger partial charge in [0.1, 0.15) is 0 Å². The molecule has 1 amide bonds. The Labute approximate surface area is 108 Å². The maximum Gasteiger partial charge on any atom is 0.251 e. The minimum Gasteiger partial charge on any atom is -0.352 e. The number of nitriles is 1. The summed E-state index contributed by atoms with van der Waals surface area (Å²) >= 11 is 0. The number of carbonyl (C=O) groups is 1. The molecule has 0 saturated heterocycles. The summed E-state index contributed by atoms with van der Waals surface area (Å²) in [6, 6.07) is 9.27. The number of amides is 1. The lowest BCUT2D eigenvalue weighted by Crippen LogP contribution is -2.27. The Morgan fingerprint density at radius 1 is 1.44 bits per heavy atom. The minimum atomic E-state index is -0.0754. The number of benzene rings is 1. The van der Waals surface area contributed by atoms with Crippen LogP contribution in [0.2, 0.25) is 0 Å². The molecule has 4 heteroatoms. The molecule has 0 radical (unpaired) electrons. The molecule has 0 bridgehead atoms. The molecule has 1 N–H and O–H groups in total. The lowest BCUT2D eigenvalue weighted by atomic mass is 10.1. The van der Waals surface area contributed by atoms with Crippen LogP contribution in [0.4, 0.5) is 0 Å². The Bertz CT molecular complexity index is 435. The molecule has 0 fully saturated rings. The van der Waals surface area contributed by atoms with Gasteiger partial charge in [0, 0.05) is 12.1 Å². The van der Waals surface area contributed by atoms with Gasteiger partial charge in [-0.2, -0.15) is 5.26 Å². The van der Waals surface area contributed by atoms with Crippen LogP contribution in [-0.2, 0) is 6.42 Å². The van der Waals surface area contributed by atoms with Gasteiger partial charge in [-0.25, -0.2) is 0 Å². The molecule has 4 nitrogen and oxygen atoms in total. The molecular formula is C14H19N3O. The zero-order chi connectivity index (χ0) is 13.4. The lowest BCUT2D eigenvalue weighted by molar-refractivity contribution is 0.0952. The van der Waals surface area contributed by atoms with Crippen LogP contribution in [0, 0.1) is 11.3 Å². The van der Waals surface area contributed by atoms with Crippen molar-refractivity contribution in [1.29, 1.82) is 5.26 Å². The topological polar surface area (TPSA) is 56.1 Å². The van der Waals surface area contributed by atoms with Crippen LogP contribution in [0.5, 0.6) is 0 Å². The molecule has 1 aromatic carbocycles. The van der Waals surface area contributed by atoms with Crippen molar-refractivity contribution in [2.24, 2.45) is 0 Å². The molecule has 0 heterocycles. The molecule has 0 spiro atoms. The highest BCUT2D eigenvalue weighted by Gasteiger charge is 2.05. The molecule has 18 heavy (non-hydrogen) atoms. The molecule has 96 valence electrons. The van der Waals surface area contributed by atoms with E-state index < -0.39 is 0 Å². The number of hydrogen-bond acceptors (Lipinski definition) is 3. The normalized spacial score (nSPS) is 10.1. The molecule has 1 aromatic rings. The fourth-order valence-corrected chi connectivity index (χ4v) is 1.61. The minimum absolute atomic E-state index is 0.0754. The van der Waals surface area contributed by atoms with Crippen LogP contribution < -0.4 is 5.32 Å². The second-order valence-corrected chi connectivity index (χ2v) is 4.45. The van der Waals surface area contributed by atoms with Crippen molar-refractivity contribution in [2.45, 2.75) is 12.8 Å². The molecule has 0 aliphatic carbocycles. The summed E-state index contributed by atoms with van der Waals surface area (Å²) < 4.78 is 0. The summed E-state index contributed by atoms with van der Waals surface area (Å²) in [7, 11) is 4.01. The highest BCUT2D eigenvalue weighted by molar-refractivity contribution is 5.94. The van der Waals surface area contributed by atoms with E-state index >= 15 is 0 Å². The molecular weight excluding hydrogens is 226 g/mol. The first-order chi connectivity index (χ1) is 8.63. The van der Waals surface area contributed by atoms with Gasteiger partial charge < -0.3 is 10.2 Å². The Morgan fingerprint density at radius 3 is 2.89 bits per heavy atom. The summed E-state index contributed by atoms with van der Waals surface area (Å²) in [6.45, 7) is 1.62. The van der Waals surface area contributed by atoms with Crippen LogP contribution in [-0.4, -0.2) is 38.0 Å². The van der Waals surface area contributed by atoms with Crippen molar-refractivity contribution >= 4 is 5.91 Å². The molecule has 0 atom stereocenters. The van der Waals surface area contributed by atoms with Gasteiger partial charge in [-0.05, 0) is 44.8 Å². The van der Waals surface area contributed by atoms with E-state index in [2.05, 4.69) is 16.3 Å². The second kappa shape index (κ2) is 7.46. The van der Waals surface area contributed by atoms with Crippen LogP contribution in [0.3, 0.4) is 0 Å². The Balaban J connectivity index is 2.46. The van der Waals surface area contributed by atoms with Crippen LogP contribution >= 0.6 is 0 Å². The van der Waals surface area contributed by atoms with Crippen LogP contribution in [0.25, 0.3) is 0 Å². The third-order valence-electron chi connectivity index (χ3n) is 2.54. The first kappa shape index (κ1) is 14.2. The zero-order valence-electron chi connectivity index (χ0n) is 10.9. The van der Waals surface area contributed by atoms with Crippen molar-refractivity contribution in [3.05, 3.63) is 35.4 Å². The van der Waals surface area contributed by atoms with Crippen molar-refractivity contribution < 1.29 is 4.79 Å². The largest absolute Gasteiger partial charge is 0.352 e. The van der Waals surface area contributed by atoms with Crippen LogP contribution in [0.15, 0.2) is 24.3 Å². The number of hydrogen-bond donors (Lipinski definition) is 1. The van der Waals surface area contributed by atoms with Crippen molar-refractivity contribution in [3.8, 4) is 6.07 Å². The SMILES string of the molecule is CN(C)CCCNC(=O)c1cccc(CC#N)c1. The fourth-order valence-electron chi connectivity index (χ4n) is 1.61. The van der Waals surface area contributed by atoms with Gasteiger partial charge in [-0.1, -0.05) is 12.1 Å². The predicted octanol–water partition coefficient (Wildman–Crippen LogP) is 1.43. The maximum atomic E-state index is 11.8. The van der Waals surface area contributed by atoms with Crippen LogP contribution in [0.1, 0.15) is 22.3 Å². The summed E-state index contributed by atoms with van der Waals surface area (Å²) in [5.41, 5.74) is 1.49. The van der Waals surface area contributed by atoms with E-state index in [0.29, 0.717) is 18.5 Å². The predicted molar refractivity (Wildman–Crippen MR) is 71.3 cm³/mol. The van der Waals surface area contributed by atoms with Gasteiger partial charge >= 0.3 is 0 Å². The smallest absolute Gasteiger partial charge is 0.251 e. The fraction of sp³-hybridized carbons (Fsp3) is 0.429. The van der Waals surface area contributed by atoms with Crippen molar-refractivity contribution in [3.63, 3.8) is 0 Å². The number of rotatable bonds is 6. The number of carbonyl (C=O) groups excluding carboxylic acids is 1. The summed E-state index contributed by atoms with van der Waals surface area (Å²) in [6.07, 6.45) is 1.26. The highest BCUT2D eigenvalue weighted by Crippen LogP contribution is 2.05. The van der Waals surface area contributed by atoms with Crippen molar-refractivity contribution in [1.82, 2.24) is 10.2 Å². The Kier molecular flexibility index (Phi) is 5.89. The Hall–Kier alpha value is -1.86. The van der Waals surface area contributed by atoms with E-state index in [4.69, 9.17) is 5.26 Å². The molecule has 0 aliphatic rings. The van der Waals surface area contributed by atoms with E-state index in [0.717, 1.165) is 18.5 Å². The van der Waals surface area contributed by atoms with Gasteiger partial charge in [-0.15, -0.1) is 0 Å². The molecule has 0 aromatic heterocycles. The maximum absolute atomic E-state index is 11.8. The van der Waals surface area contributed by atoms with Crippen molar-refractivity contribution in [2.75, 3.05) is 27.2 Å². The van der Waals surface area contributed by atoms with Gasteiger partial charge in [0.15, 0.2) is 0 Å². The molecule has 0 saturated carbocycles. The van der Waals surface area contributed by atoms with E-state index in [-0.39, 0.29) is 5.91 Å². The summed E-state index contributed by atoms with van der Waals surface area (Å²) in [5, 5.41) is 11.5. The monoisotopic (exact) mass is 245 g/mol. The quantitative estimate of drug-likeness (QED) is 0.771. The van der Waals surface area contributed by atoms with E-state index in [1.807, 2.05) is 20.2 Å². The average Bonchev–Trinajstić information content (AvgIpc) is 2.35. The van der Waals surface area contributed by atoms with Gasteiger partial charge in [0.05, 0.1) is 12.5 Å².